The molecule has 2 nitrogen and oxygen atoms in total. The van der Waals surface area contributed by atoms with Crippen LogP contribution < -0.4 is 0 Å². The Bertz CT molecular complexity index is 565. The van der Waals surface area contributed by atoms with Crippen molar-refractivity contribution < 1.29 is 0 Å². The standard InChI is InChI=1S/C16H20N2/c1-2-9-18-10-5-6-13(12-18)15-11-17-16-8-4-3-7-14(15)16/h3-4,6-8,11,17H,2,5,9-10,12H2,1H3. The molecule has 3 rings (SSSR count). The van der Waals surface area contributed by atoms with Crippen molar-refractivity contribution >= 4 is 16.5 Å². The van der Waals surface area contributed by atoms with E-state index in [-0.39, 0.29) is 0 Å². The lowest BCUT2D eigenvalue weighted by Gasteiger charge is -2.26. The first kappa shape index (κ1) is 11.5. The highest BCUT2D eigenvalue weighted by Gasteiger charge is 2.15. The Morgan fingerprint density at radius 2 is 2.17 bits per heavy atom. The van der Waals surface area contributed by atoms with Crippen LogP contribution >= 0.6 is 0 Å². The molecule has 0 atom stereocenters. The van der Waals surface area contributed by atoms with Gasteiger partial charge in [0.1, 0.15) is 0 Å². The quantitative estimate of drug-likeness (QED) is 0.867. The summed E-state index contributed by atoms with van der Waals surface area (Å²) in [6.07, 6.45) is 6.98. The fourth-order valence-electron chi connectivity index (χ4n) is 2.85. The SMILES string of the molecule is CCCN1CCC=C(c2c[nH]c3ccccc23)C1. The van der Waals surface area contributed by atoms with Gasteiger partial charge in [-0.15, -0.1) is 0 Å². The molecule has 0 unspecified atom stereocenters. The van der Waals surface area contributed by atoms with Crippen molar-refractivity contribution in [3.8, 4) is 0 Å². The van der Waals surface area contributed by atoms with Crippen molar-refractivity contribution in [3.05, 3.63) is 42.1 Å². The zero-order chi connectivity index (χ0) is 12.4. The van der Waals surface area contributed by atoms with Gasteiger partial charge in [0.05, 0.1) is 0 Å². The molecule has 0 amide bonds. The molecule has 1 aliphatic heterocycles. The molecule has 0 saturated heterocycles. The van der Waals surface area contributed by atoms with E-state index in [1.165, 1.54) is 48.0 Å². The first-order valence-corrected chi connectivity index (χ1v) is 6.86. The Morgan fingerprint density at radius 1 is 1.28 bits per heavy atom. The van der Waals surface area contributed by atoms with Crippen molar-refractivity contribution in [2.75, 3.05) is 19.6 Å². The molecule has 0 bridgehead atoms. The Labute approximate surface area is 108 Å². The van der Waals surface area contributed by atoms with Crippen molar-refractivity contribution in [3.63, 3.8) is 0 Å². The minimum absolute atomic E-state index is 1.09. The van der Waals surface area contributed by atoms with Crippen molar-refractivity contribution in [1.82, 2.24) is 9.88 Å². The van der Waals surface area contributed by atoms with Crippen LogP contribution in [0.2, 0.25) is 0 Å². The molecular formula is C16H20N2. The lowest BCUT2D eigenvalue weighted by atomic mass is 10.0. The van der Waals surface area contributed by atoms with Gasteiger partial charge in [0.2, 0.25) is 0 Å². The van der Waals surface area contributed by atoms with Gasteiger partial charge < -0.3 is 4.98 Å². The molecule has 0 spiro atoms. The summed E-state index contributed by atoms with van der Waals surface area (Å²) in [7, 11) is 0. The molecule has 0 radical (unpaired) electrons. The first-order chi connectivity index (χ1) is 8.88. The molecule has 1 N–H and O–H groups in total. The van der Waals surface area contributed by atoms with Gasteiger partial charge in [-0.2, -0.15) is 0 Å². The molecule has 0 saturated carbocycles. The topological polar surface area (TPSA) is 19.0 Å². The summed E-state index contributed by atoms with van der Waals surface area (Å²) in [6, 6.07) is 8.56. The molecule has 0 fully saturated rings. The third-order valence-corrected chi connectivity index (χ3v) is 3.71. The van der Waals surface area contributed by atoms with Gasteiger partial charge in [-0.3, -0.25) is 4.90 Å². The molecule has 18 heavy (non-hydrogen) atoms. The Morgan fingerprint density at radius 3 is 3.06 bits per heavy atom. The zero-order valence-corrected chi connectivity index (χ0v) is 10.9. The number of hydrogen-bond acceptors (Lipinski definition) is 1. The van der Waals surface area contributed by atoms with Gasteiger partial charge in [0.25, 0.3) is 0 Å². The Hall–Kier alpha value is -1.54. The van der Waals surface area contributed by atoms with Crippen LogP contribution in [0.15, 0.2) is 36.5 Å². The Kier molecular flexibility index (Phi) is 3.20. The van der Waals surface area contributed by atoms with Crippen molar-refractivity contribution in [2.24, 2.45) is 0 Å². The fraction of sp³-hybridized carbons (Fsp3) is 0.375. The maximum atomic E-state index is 3.37. The van der Waals surface area contributed by atoms with Gasteiger partial charge in [-0.25, -0.2) is 0 Å². The van der Waals surface area contributed by atoms with E-state index >= 15 is 0 Å². The highest BCUT2D eigenvalue weighted by atomic mass is 15.1. The lowest BCUT2D eigenvalue weighted by Crippen LogP contribution is -2.30. The van der Waals surface area contributed by atoms with E-state index in [9.17, 15) is 0 Å². The maximum Gasteiger partial charge on any atom is 0.0460 e. The van der Waals surface area contributed by atoms with Crippen molar-refractivity contribution in [2.45, 2.75) is 19.8 Å². The number of rotatable bonds is 3. The molecule has 0 aliphatic carbocycles. The summed E-state index contributed by atoms with van der Waals surface area (Å²) in [5.74, 6) is 0. The highest BCUT2D eigenvalue weighted by Crippen LogP contribution is 2.27. The molecule has 1 aromatic heterocycles. The lowest BCUT2D eigenvalue weighted by molar-refractivity contribution is 0.305. The fourth-order valence-corrected chi connectivity index (χ4v) is 2.85. The summed E-state index contributed by atoms with van der Waals surface area (Å²) >= 11 is 0. The third-order valence-electron chi connectivity index (χ3n) is 3.71. The second-order valence-electron chi connectivity index (χ2n) is 5.04. The van der Waals surface area contributed by atoms with Crippen LogP contribution in [0.5, 0.6) is 0 Å². The van der Waals surface area contributed by atoms with E-state index in [1.807, 2.05) is 0 Å². The van der Waals surface area contributed by atoms with Gasteiger partial charge in [-0.1, -0.05) is 31.2 Å². The predicted octanol–water partition coefficient (Wildman–Crippen LogP) is 3.67. The average Bonchev–Trinajstić information content (AvgIpc) is 2.83. The van der Waals surface area contributed by atoms with Crippen LogP contribution in [0.25, 0.3) is 16.5 Å². The number of nitrogens with one attached hydrogen (secondary N) is 1. The molecule has 94 valence electrons. The monoisotopic (exact) mass is 240 g/mol. The number of H-pyrrole nitrogens is 1. The number of benzene rings is 1. The molecule has 1 aliphatic rings. The third kappa shape index (κ3) is 2.08. The molecule has 2 heterocycles. The van der Waals surface area contributed by atoms with E-state index in [0.29, 0.717) is 0 Å². The van der Waals surface area contributed by atoms with Crippen LogP contribution in [-0.4, -0.2) is 29.5 Å². The first-order valence-electron chi connectivity index (χ1n) is 6.86. The van der Waals surface area contributed by atoms with E-state index in [1.54, 1.807) is 0 Å². The second-order valence-corrected chi connectivity index (χ2v) is 5.04. The number of para-hydroxylation sites is 1. The van der Waals surface area contributed by atoms with E-state index < -0.39 is 0 Å². The van der Waals surface area contributed by atoms with E-state index in [4.69, 9.17) is 0 Å². The van der Waals surface area contributed by atoms with Crippen molar-refractivity contribution in [1.29, 1.82) is 0 Å². The van der Waals surface area contributed by atoms with Crippen LogP contribution in [0.4, 0.5) is 0 Å². The normalized spacial score (nSPS) is 17.1. The smallest absolute Gasteiger partial charge is 0.0460 e. The summed E-state index contributed by atoms with van der Waals surface area (Å²) < 4.78 is 0. The number of hydrogen-bond donors (Lipinski definition) is 1. The number of fused-ring (bicyclic) bond motifs is 1. The largest absolute Gasteiger partial charge is 0.361 e. The zero-order valence-electron chi connectivity index (χ0n) is 10.9. The van der Waals surface area contributed by atoms with Crippen LogP contribution in [-0.2, 0) is 0 Å². The molecular weight excluding hydrogens is 220 g/mol. The van der Waals surface area contributed by atoms with Gasteiger partial charge in [0, 0.05) is 35.8 Å². The predicted molar refractivity (Wildman–Crippen MR) is 77.6 cm³/mol. The van der Waals surface area contributed by atoms with Crippen LogP contribution in [0.3, 0.4) is 0 Å². The maximum absolute atomic E-state index is 3.37. The molecule has 2 heteroatoms. The highest BCUT2D eigenvalue weighted by molar-refractivity contribution is 5.93. The Balaban J connectivity index is 1.92. The van der Waals surface area contributed by atoms with Crippen LogP contribution in [0.1, 0.15) is 25.3 Å². The van der Waals surface area contributed by atoms with Gasteiger partial charge in [-0.05, 0) is 31.0 Å². The second kappa shape index (κ2) is 4.99. The summed E-state index contributed by atoms with van der Waals surface area (Å²) in [4.78, 5) is 5.93. The van der Waals surface area contributed by atoms with E-state index in [2.05, 4.69) is 53.3 Å². The van der Waals surface area contributed by atoms with Gasteiger partial charge in [0.15, 0.2) is 0 Å². The number of aromatic nitrogens is 1. The summed E-state index contributed by atoms with van der Waals surface area (Å²) in [6.45, 7) is 5.76. The minimum Gasteiger partial charge on any atom is -0.361 e. The molecule has 2 aromatic rings. The van der Waals surface area contributed by atoms with Gasteiger partial charge >= 0.3 is 0 Å². The number of nitrogens with zero attached hydrogens (tertiary/aromatic N) is 1. The minimum atomic E-state index is 1.09. The summed E-state index contributed by atoms with van der Waals surface area (Å²) in [5, 5.41) is 1.35. The van der Waals surface area contributed by atoms with E-state index in [0.717, 1.165) is 6.54 Å². The number of aromatic amines is 1. The van der Waals surface area contributed by atoms with Crippen LogP contribution in [0, 0.1) is 0 Å². The average molecular weight is 240 g/mol. The molecule has 1 aromatic carbocycles. The summed E-state index contributed by atoms with van der Waals surface area (Å²) in [5.41, 5.74) is 4.10.